The molecule has 0 bridgehead atoms. The Kier molecular flexibility index (Phi) is 12.7. The number of nitrogens with one attached hydrogen (secondary N) is 2. The quantitative estimate of drug-likeness (QED) is 0.295. The topological polar surface area (TPSA) is 143 Å². The first-order valence-electron chi connectivity index (χ1n) is 13.5. The molecule has 2 aliphatic rings. The molecule has 218 valence electrons. The van der Waals surface area contributed by atoms with Crippen molar-refractivity contribution in [2.75, 3.05) is 40.3 Å². The number of hydrogen-bond donors (Lipinski definition) is 3. The Hall–Kier alpha value is -3.18. The first-order chi connectivity index (χ1) is 18.4. The highest BCUT2D eigenvalue weighted by atomic mass is 16.6. The first-order valence-corrected chi connectivity index (χ1v) is 13.5. The van der Waals surface area contributed by atoms with Gasteiger partial charge in [0.15, 0.2) is 0 Å². The number of benzene rings is 1. The highest BCUT2D eigenvalue weighted by Crippen LogP contribution is 2.24. The van der Waals surface area contributed by atoms with Crippen molar-refractivity contribution in [3.8, 4) is 5.75 Å². The van der Waals surface area contributed by atoms with Crippen LogP contribution in [0, 0.1) is 0 Å². The number of fused-ring (bicyclic) bond motifs is 1. The largest absolute Gasteiger partial charge is 0.493 e. The van der Waals surface area contributed by atoms with Gasteiger partial charge in [0.25, 0.3) is 0 Å². The average molecular weight is 548 g/mol. The lowest BCUT2D eigenvalue weighted by Gasteiger charge is -2.25. The second-order valence-corrected chi connectivity index (χ2v) is 11.0. The maximum Gasteiger partial charge on any atom is 0.410 e. The Labute approximate surface area is 231 Å². The molecule has 1 aromatic rings. The Bertz CT molecular complexity index is 941. The van der Waals surface area contributed by atoms with Crippen LogP contribution >= 0.6 is 0 Å². The van der Waals surface area contributed by atoms with Crippen molar-refractivity contribution in [2.24, 2.45) is 5.73 Å². The molecule has 11 nitrogen and oxygen atoms in total. The molecular formula is C28H45N5O6. The van der Waals surface area contributed by atoms with Crippen molar-refractivity contribution >= 4 is 24.2 Å². The number of aryl methyl sites for hydroxylation is 1. The lowest BCUT2D eigenvalue weighted by Crippen LogP contribution is -2.48. The number of carbonyl (C=O) groups excluding carboxylic acids is 4. The summed E-state index contributed by atoms with van der Waals surface area (Å²) in [7, 11) is 3.35. The van der Waals surface area contributed by atoms with Crippen molar-refractivity contribution in [3.63, 3.8) is 0 Å². The summed E-state index contributed by atoms with van der Waals surface area (Å²) < 4.78 is 10.6. The zero-order valence-electron chi connectivity index (χ0n) is 23.9. The summed E-state index contributed by atoms with van der Waals surface area (Å²) >= 11 is 0. The third-order valence-electron chi connectivity index (χ3n) is 6.61. The van der Waals surface area contributed by atoms with Crippen molar-refractivity contribution in [1.82, 2.24) is 20.4 Å². The van der Waals surface area contributed by atoms with E-state index in [0.717, 1.165) is 42.9 Å². The second-order valence-electron chi connectivity index (χ2n) is 11.0. The number of primary amides is 1. The summed E-state index contributed by atoms with van der Waals surface area (Å²) in [5, 5.41) is 5.73. The normalized spacial score (nSPS) is 19.4. The molecule has 1 aromatic carbocycles. The summed E-state index contributed by atoms with van der Waals surface area (Å²) in [6.07, 6.45) is 4.85. The van der Waals surface area contributed by atoms with Crippen molar-refractivity contribution < 1.29 is 28.7 Å². The standard InChI is InChI=1S/C19H35N5O5.C9H10O/c1-19(2,3)29-18(28)23(4)11-16(26)22-13(12-25)10-21-9-8-14-6-7-15(17(20)27)24(14)5;1-2-6-9-8(4-1)5-3-7-10-9/h12-15,21H,6-11H2,1-5H3,(H2,20,27)(H,22,26);1-2,4,6H,3,5,7H2. The van der Waals surface area contributed by atoms with Crippen LogP contribution in [0.25, 0.3) is 0 Å². The number of para-hydroxylation sites is 1. The molecule has 3 unspecified atom stereocenters. The molecule has 3 rings (SSSR count). The molecule has 1 fully saturated rings. The third kappa shape index (κ3) is 11.2. The number of nitrogens with two attached hydrogens (primary N) is 1. The van der Waals surface area contributed by atoms with Gasteiger partial charge in [0.05, 0.1) is 18.7 Å². The Balaban J connectivity index is 0.000000437. The van der Waals surface area contributed by atoms with Crippen molar-refractivity contribution in [2.45, 2.75) is 76.6 Å². The fraction of sp³-hybridized carbons (Fsp3) is 0.643. The number of likely N-dealkylation sites (tertiary alicyclic amines) is 1. The molecule has 1 saturated heterocycles. The number of ether oxygens (including phenoxy) is 2. The van der Waals surface area contributed by atoms with Crippen LogP contribution in [0.5, 0.6) is 5.75 Å². The van der Waals surface area contributed by atoms with Crippen LogP contribution in [-0.4, -0.2) is 98.1 Å². The number of amides is 3. The zero-order chi connectivity index (χ0) is 29.0. The van der Waals surface area contributed by atoms with E-state index in [4.69, 9.17) is 15.2 Å². The van der Waals surface area contributed by atoms with E-state index in [0.29, 0.717) is 12.8 Å². The molecule has 0 aliphatic carbocycles. The van der Waals surface area contributed by atoms with E-state index in [1.807, 2.05) is 24.1 Å². The third-order valence-corrected chi connectivity index (χ3v) is 6.61. The van der Waals surface area contributed by atoms with Gasteiger partial charge < -0.3 is 35.5 Å². The zero-order valence-corrected chi connectivity index (χ0v) is 23.9. The predicted octanol–water partition coefficient (Wildman–Crippen LogP) is 1.48. The molecule has 4 N–H and O–H groups in total. The van der Waals surface area contributed by atoms with Gasteiger partial charge in [0, 0.05) is 19.6 Å². The lowest BCUT2D eigenvalue weighted by molar-refractivity contribution is -0.124. The number of rotatable bonds is 10. The average Bonchev–Trinajstić information content (AvgIpc) is 3.25. The highest BCUT2D eigenvalue weighted by Gasteiger charge is 2.33. The SMILES string of the molecule is CN(CC(=O)NC(C=O)CNCCC1CCC(C(N)=O)N1C)C(=O)OC(C)(C)C.c1ccc2c(c1)CCCO2. The van der Waals surface area contributed by atoms with E-state index >= 15 is 0 Å². The van der Waals surface area contributed by atoms with Crippen LogP contribution < -0.4 is 21.1 Å². The number of carbonyl (C=O) groups is 4. The summed E-state index contributed by atoms with van der Waals surface area (Å²) in [5.41, 5.74) is 6.09. The number of hydrogen-bond acceptors (Lipinski definition) is 8. The van der Waals surface area contributed by atoms with Gasteiger partial charge in [-0.2, -0.15) is 0 Å². The molecule has 11 heteroatoms. The first kappa shape index (κ1) is 32.0. The number of likely N-dealkylation sites (N-methyl/N-ethyl adjacent to an activating group) is 2. The molecular weight excluding hydrogens is 502 g/mol. The number of aldehydes is 1. The molecule has 0 spiro atoms. The van der Waals surface area contributed by atoms with Gasteiger partial charge in [-0.25, -0.2) is 4.79 Å². The van der Waals surface area contributed by atoms with Crippen LogP contribution in [0.15, 0.2) is 24.3 Å². The second kappa shape index (κ2) is 15.4. The summed E-state index contributed by atoms with van der Waals surface area (Å²) in [6.45, 7) is 6.82. The molecule has 39 heavy (non-hydrogen) atoms. The van der Waals surface area contributed by atoms with Gasteiger partial charge in [0.1, 0.15) is 24.2 Å². The Morgan fingerprint density at radius 2 is 1.97 bits per heavy atom. The van der Waals surface area contributed by atoms with Crippen LogP contribution in [0.3, 0.4) is 0 Å². The van der Waals surface area contributed by atoms with E-state index in [9.17, 15) is 19.2 Å². The van der Waals surface area contributed by atoms with Crippen LogP contribution in [0.2, 0.25) is 0 Å². The van der Waals surface area contributed by atoms with Crippen molar-refractivity contribution in [3.05, 3.63) is 29.8 Å². The fourth-order valence-corrected chi connectivity index (χ4v) is 4.53. The monoisotopic (exact) mass is 547 g/mol. The minimum atomic E-state index is -0.700. The minimum absolute atomic E-state index is 0.208. The Morgan fingerprint density at radius 3 is 2.59 bits per heavy atom. The van der Waals surface area contributed by atoms with Crippen LogP contribution in [0.1, 0.15) is 52.0 Å². The highest BCUT2D eigenvalue weighted by molar-refractivity contribution is 5.84. The van der Waals surface area contributed by atoms with Gasteiger partial charge >= 0.3 is 6.09 Å². The summed E-state index contributed by atoms with van der Waals surface area (Å²) in [4.78, 5) is 49.7. The molecule has 3 amide bonds. The van der Waals surface area contributed by atoms with Crippen LogP contribution in [0.4, 0.5) is 4.79 Å². The van der Waals surface area contributed by atoms with Gasteiger partial charge in [-0.1, -0.05) is 18.2 Å². The van der Waals surface area contributed by atoms with Gasteiger partial charge in [-0.05, 0) is 78.1 Å². The van der Waals surface area contributed by atoms with E-state index < -0.39 is 23.6 Å². The van der Waals surface area contributed by atoms with Gasteiger partial charge in [-0.3, -0.25) is 14.5 Å². The summed E-state index contributed by atoms with van der Waals surface area (Å²) in [6, 6.07) is 7.59. The molecule has 3 atom stereocenters. The summed E-state index contributed by atoms with van der Waals surface area (Å²) in [5.74, 6) is 0.328. The fourth-order valence-electron chi connectivity index (χ4n) is 4.53. The van der Waals surface area contributed by atoms with Gasteiger partial charge in [0.2, 0.25) is 11.8 Å². The van der Waals surface area contributed by atoms with Crippen molar-refractivity contribution in [1.29, 1.82) is 0 Å². The van der Waals surface area contributed by atoms with Crippen LogP contribution in [-0.2, 0) is 25.5 Å². The Morgan fingerprint density at radius 1 is 1.26 bits per heavy atom. The maximum atomic E-state index is 12.1. The van der Waals surface area contributed by atoms with E-state index in [-0.39, 0.29) is 31.1 Å². The minimum Gasteiger partial charge on any atom is -0.493 e. The molecule has 0 saturated carbocycles. The van der Waals surface area contributed by atoms with E-state index in [2.05, 4.69) is 22.8 Å². The van der Waals surface area contributed by atoms with E-state index in [1.165, 1.54) is 19.0 Å². The lowest BCUT2D eigenvalue weighted by atomic mass is 10.1. The number of nitrogens with zero attached hydrogens (tertiary/aromatic N) is 2. The molecule has 2 heterocycles. The van der Waals surface area contributed by atoms with E-state index in [1.54, 1.807) is 20.8 Å². The predicted molar refractivity (Wildman–Crippen MR) is 148 cm³/mol. The van der Waals surface area contributed by atoms with Gasteiger partial charge in [-0.15, -0.1) is 0 Å². The molecule has 0 aromatic heterocycles. The maximum absolute atomic E-state index is 12.1. The molecule has 0 radical (unpaired) electrons. The smallest absolute Gasteiger partial charge is 0.410 e. The molecule has 2 aliphatic heterocycles.